The van der Waals surface area contributed by atoms with E-state index in [0.29, 0.717) is 18.8 Å². The molecule has 0 spiro atoms. The first-order valence-electron chi connectivity index (χ1n) is 8.15. The predicted molar refractivity (Wildman–Crippen MR) is 91.9 cm³/mol. The number of nitrogens with zero attached hydrogens (tertiary/aromatic N) is 2. The lowest BCUT2D eigenvalue weighted by Crippen LogP contribution is -2.58. The van der Waals surface area contributed by atoms with E-state index in [9.17, 15) is 14.4 Å². The average Bonchev–Trinajstić information content (AvgIpc) is 2.57. The molecular weight excluding hydrogens is 328 g/mol. The van der Waals surface area contributed by atoms with Gasteiger partial charge in [-0.2, -0.15) is 0 Å². The van der Waals surface area contributed by atoms with Gasteiger partial charge < -0.3 is 15.2 Å². The maximum Gasteiger partial charge on any atom is 0.250 e. The van der Waals surface area contributed by atoms with Crippen molar-refractivity contribution in [2.24, 2.45) is 0 Å². The van der Waals surface area contributed by atoms with Gasteiger partial charge in [-0.15, -0.1) is 11.8 Å². The average molecular weight is 350 g/mol. The molecule has 1 aromatic heterocycles. The number of piperidine rings is 1. The van der Waals surface area contributed by atoms with E-state index in [1.807, 2.05) is 18.7 Å². The number of carbonyl (C=O) groups is 2. The van der Waals surface area contributed by atoms with E-state index >= 15 is 0 Å². The fraction of sp³-hybridized carbons (Fsp3) is 0.625. The van der Waals surface area contributed by atoms with Crippen LogP contribution in [0.15, 0.2) is 17.2 Å². The number of likely N-dealkylation sites (tertiary alicyclic amines) is 1. The summed E-state index contributed by atoms with van der Waals surface area (Å²) in [6, 6.07) is 1.09. The minimum Gasteiger partial charge on any atom is -0.342 e. The van der Waals surface area contributed by atoms with Crippen molar-refractivity contribution in [3.8, 4) is 0 Å². The molecule has 0 radical (unpaired) electrons. The maximum atomic E-state index is 12.6. The van der Waals surface area contributed by atoms with Gasteiger partial charge >= 0.3 is 0 Å². The first-order valence-corrected chi connectivity index (χ1v) is 9.14. The van der Waals surface area contributed by atoms with Crippen LogP contribution in [0.25, 0.3) is 0 Å². The molecule has 2 saturated heterocycles. The van der Waals surface area contributed by atoms with Crippen molar-refractivity contribution < 1.29 is 9.59 Å². The SMILES string of the molecule is CC1(C)SC[C@@H](C(=O)N2CCC(c3cc(=O)[nH]cn3)CC2)NC1=O. The van der Waals surface area contributed by atoms with Gasteiger partial charge in [-0.1, -0.05) is 0 Å². The first-order chi connectivity index (χ1) is 11.4. The monoisotopic (exact) mass is 350 g/mol. The standard InChI is InChI=1S/C16H22N4O3S/c1-16(2)15(23)19-12(8-24-16)14(22)20-5-3-10(4-6-20)11-7-13(21)18-9-17-11/h7,9-10,12H,3-6,8H2,1-2H3,(H,19,23)(H,17,18,21)/t12-/m0/s1. The summed E-state index contributed by atoms with van der Waals surface area (Å²) in [6.45, 7) is 4.98. The molecule has 0 saturated carbocycles. The highest BCUT2D eigenvalue weighted by molar-refractivity contribution is 8.01. The van der Waals surface area contributed by atoms with Gasteiger partial charge in [0.05, 0.1) is 16.8 Å². The first kappa shape index (κ1) is 17.0. The summed E-state index contributed by atoms with van der Waals surface area (Å²) in [5, 5.41) is 2.85. The second kappa shape index (κ2) is 6.58. The molecule has 0 aliphatic carbocycles. The molecule has 3 rings (SSSR count). The number of rotatable bonds is 2. The molecule has 2 N–H and O–H groups in total. The molecule has 8 heteroatoms. The maximum absolute atomic E-state index is 12.6. The van der Waals surface area contributed by atoms with Gasteiger partial charge in [-0.3, -0.25) is 14.4 Å². The number of aromatic nitrogens is 2. The van der Waals surface area contributed by atoms with Crippen molar-refractivity contribution in [2.75, 3.05) is 18.8 Å². The van der Waals surface area contributed by atoms with Crippen molar-refractivity contribution in [3.05, 3.63) is 28.4 Å². The van der Waals surface area contributed by atoms with Crippen molar-refractivity contribution in [2.45, 2.75) is 43.4 Å². The van der Waals surface area contributed by atoms with Crippen molar-refractivity contribution in [3.63, 3.8) is 0 Å². The molecule has 2 aliphatic rings. The highest BCUT2D eigenvalue weighted by Gasteiger charge is 2.39. The Morgan fingerprint density at radius 3 is 2.67 bits per heavy atom. The predicted octanol–water partition coefficient (Wildman–Crippen LogP) is 0.486. The Hall–Kier alpha value is -1.83. The van der Waals surface area contributed by atoms with Crippen LogP contribution in [0.2, 0.25) is 0 Å². The minimum atomic E-state index is -0.476. The number of carbonyl (C=O) groups excluding carboxylic acids is 2. The molecule has 24 heavy (non-hydrogen) atoms. The summed E-state index contributed by atoms with van der Waals surface area (Å²) < 4.78 is -0.476. The lowest BCUT2D eigenvalue weighted by atomic mass is 9.93. The number of amides is 2. The van der Waals surface area contributed by atoms with E-state index in [1.165, 1.54) is 24.2 Å². The van der Waals surface area contributed by atoms with E-state index in [2.05, 4.69) is 15.3 Å². The molecular formula is C16H22N4O3S. The molecule has 2 aliphatic heterocycles. The zero-order valence-electron chi connectivity index (χ0n) is 13.9. The number of H-pyrrole nitrogens is 1. The minimum absolute atomic E-state index is 0.0105. The van der Waals surface area contributed by atoms with Gasteiger partial charge in [0.1, 0.15) is 6.04 Å². The van der Waals surface area contributed by atoms with Gasteiger partial charge in [-0.25, -0.2) is 4.98 Å². The zero-order chi connectivity index (χ0) is 17.3. The van der Waals surface area contributed by atoms with Gasteiger partial charge in [0.2, 0.25) is 11.8 Å². The lowest BCUT2D eigenvalue weighted by molar-refractivity contribution is -0.137. The van der Waals surface area contributed by atoms with Crippen LogP contribution in [0, 0.1) is 0 Å². The van der Waals surface area contributed by atoms with Crippen LogP contribution in [-0.4, -0.2) is 56.3 Å². The van der Waals surface area contributed by atoms with E-state index in [0.717, 1.165) is 18.5 Å². The Balaban J connectivity index is 1.58. The van der Waals surface area contributed by atoms with Gasteiger partial charge in [0.25, 0.3) is 5.56 Å². The summed E-state index contributed by atoms with van der Waals surface area (Å²) in [5.74, 6) is 0.710. The van der Waals surface area contributed by atoms with Crippen LogP contribution < -0.4 is 10.9 Å². The van der Waals surface area contributed by atoms with E-state index in [1.54, 1.807) is 0 Å². The highest BCUT2D eigenvalue weighted by atomic mass is 32.2. The Kier molecular flexibility index (Phi) is 4.67. The fourth-order valence-corrected chi connectivity index (χ4v) is 4.09. The van der Waals surface area contributed by atoms with Crippen LogP contribution in [0.1, 0.15) is 38.3 Å². The number of hydrogen-bond acceptors (Lipinski definition) is 5. The molecule has 3 heterocycles. The van der Waals surface area contributed by atoms with Crippen molar-refractivity contribution in [1.29, 1.82) is 0 Å². The largest absolute Gasteiger partial charge is 0.342 e. The summed E-state index contributed by atoms with van der Waals surface area (Å²) in [5.41, 5.74) is 0.636. The molecule has 0 aromatic carbocycles. The molecule has 0 bridgehead atoms. The Morgan fingerprint density at radius 1 is 1.33 bits per heavy atom. The fourth-order valence-electron chi connectivity index (χ4n) is 3.09. The Morgan fingerprint density at radius 2 is 2.04 bits per heavy atom. The molecule has 7 nitrogen and oxygen atoms in total. The molecule has 1 atom stereocenters. The van der Waals surface area contributed by atoms with Gasteiger partial charge in [0, 0.05) is 30.8 Å². The molecule has 1 aromatic rings. The third-order valence-corrected chi connectivity index (χ3v) is 6.09. The van der Waals surface area contributed by atoms with Crippen LogP contribution >= 0.6 is 11.8 Å². The van der Waals surface area contributed by atoms with Gasteiger partial charge in [-0.05, 0) is 26.7 Å². The summed E-state index contributed by atoms with van der Waals surface area (Å²) in [7, 11) is 0. The second-order valence-electron chi connectivity index (χ2n) is 6.78. The number of aromatic amines is 1. The van der Waals surface area contributed by atoms with Crippen LogP contribution in [0.4, 0.5) is 0 Å². The normalized spacial score (nSPS) is 24.5. The van der Waals surface area contributed by atoms with E-state index < -0.39 is 10.8 Å². The summed E-state index contributed by atoms with van der Waals surface area (Å²) >= 11 is 1.52. The van der Waals surface area contributed by atoms with Crippen molar-refractivity contribution >= 4 is 23.6 Å². The van der Waals surface area contributed by atoms with E-state index in [4.69, 9.17) is 0 Å². The Bertz CT molecular complexity index is 695. The Labute approximate surface area is 144 Å². The number of nitrogens with one attached hydrogen (secondary N) is 2. The smallest absolute Gasteiger partial charge is 0.250 e. The third-order valence-electron chi connectivity index (χ3n) is 4.69. The second-order valence-corrected chi connectivity index (χ2v) is 8.43. The van der Waals surface area contributed by atoms with Crippen LogP contribution in [0.5, 0.6) is 0 Å². The zero-order valence-corrected chi connectivity index (χ0v) is 14.7. The van der Waals surface area contributed by atoms with Crippen LogP contribution in [0.3, 0.4) is 0 Å². The molecule has 2 amide bonds. The lowest BCUT2D eigenvalue weighted by Gasteiger charge is -2.38. The van der Waals surface area contributed by atoms with E-state index in [-0.39, 0.29) is 23.3 Å². The highest BCUT2D eigenvalue weighted by Crippen LogP contribution is 2.31. The molecule has 130 valence electrons. The summed E-state index contributed by atoms with van der Waals surface area (Å²) in [4.78, 5) is 44.6. The third kappa shape index (κ3) is 3.48. The number of hydrogen-bond donors (Lipinski definition) is 2. The number of thioether (sulfide) groups is 1. The molecule has 2 fully saturated rings. The molecule has 0 unspecified atom stereocenters. The van der Waals surface area contributed by atoms with Gasteiger partial charge in [0.15, 0.2) is 0 Å². The topological polar surface area (TPSA) is 95.2 Å². The summed E-state index contributed by atoms with van der Waals surface area (Å²) in [6.07, 6.45) is 2.98. The van der Waals surface area contributed by atoms with Crippen molar-refractivity contribution in [1.82, 2.24) is 20.2 Å². The van der Waals surface area contributed by atoms with Crippen LogP contribution in [-0.2, 0) is 9.59 Å². The quantitative estimate of drug-likeness (QED) is 0.809.